The average Bonchev–Trinajstić information content (AvgIpc) is 2.36. The molecular weight excluding hydrogens is 288 g/mol. The Bertz CT molecular complexity index is 571. The van der Waals surface area contributed by atoms with Gasteiger partial charge in [0, 0.05) is 17.2 Å². The Kier molecular flexibility index (Phi) is 5.67. The molecule has 1 rings (SSSR count). The van der Waals surface area contributed by atoms with Crippen LogP contribution in [0.25, 0.3) is 0 Å². The number of hydrogen-bond donors (Lipinski definition) is 1. The molecular formula is C12H11ClN2O5. The summed E-state index contributed by atoms with van der Waals surface area (Å²) in [4.78, 5) is 32.7. The highest BCUT2D eigenvalue weighted by atomic mass is 35.5. The zero-order chi connectivity index (χ0) is 15.1. The molecule has 0 aromatic heterocycles. The fourth-order valence-electron chi connectivity index (χ4n) is 1.27. The van der Waals surface area contributed by atoms with Crippen LogP contribution in [0, 0.1) is 10.1 Å². The van der Waals surface area contributed by atoms with Crippen LogP contribution in [-0.2, 0) is 14.3 Å². The fourth-order valence-corrected chi connectivity index (χ4v) is 1.45. The summed E-state index contributed by atoms with van der Waals surface area (Å²) in [6.07, 6.45) is 2.61. The summed E-state index contributed by atoms with van der Waals surface area (Å²) in [5.41, 5.74) is -0.364. The number of rotatable bonds is 5. The van der Waals surface area contributed by atoms with Gasteiger partial charge < -0.3 is 10.1 Å². The van der Waals surface area contributed by atoms with Crippen molar-refractivity contribution in [2.24, 2.45) is 0 Å². The Labute approximate surface area is 119 Å². The van der Waals surface area contributed by atoms with Crippen molar-refractivity contribution in [3.63, 3.8) is 0 Å². The number of nitrogens with zero attached hydrogens (tertiary/aromatic N) is 1. The number of allylic oxidation sites excluding steroid dienone is 1. The highest BCUT2D eigenvalue weighted by molar-refractivity contribution is 6.31. The van der Waals surface area contributed by atoms with Gasteiger partial charge in [-0.05, 0) is 19.1 Å². The molecule has 0 fully saturated rings. The molecule has 0 atom stereocenters. The molecule has 20 heavy (non-hydrogen) atoms. The van der Waals surface area contributed by atoms with Crippen LogP contribution in [0.2, 0.25) is 5.02 Å². The first kappa shape index (κ1) is 15.6. The number of anilines is 1. The third-order valence-electron chi connectivity index (χ3n) is 2.08. The standard InChI is InChI=1S/C12H11ClN2O5/c1-2-3-12(17)20-7-11(16)14-9-6-8(13)4-5-10(9)15(18)19/h2-6H,7H2,1H3,(H,14,16)/b3-2+. The van der Waals surface area contributed by atoms with Gasteiger partial charge in [0.1, 0.15) is 5.69 Å². The van der Waals surface area contributed by atoms with E-state index in [1.807, 2.05) is 0 Å². The second-order valence-electron chi connectivity index (χ2n) is 3.57. The van der Waals surface area contributed by atoms with E-state index in [2.05, 4.69) is 10.1 Å². The van der Waals surface area contributed by atoms with Crippen LogP contribution in [-0.4, -0.2) is 23.4 Å². The number of carbonyl (C=O) groups excluding carboxylic acids is 2. The number of hydrogen-bond acceptors (Lipinski definition) is 5. The summed E-state index contributed by atoms with van der Waals surface area (Å²) in [5.74, 6) is -1.38. The van der Waals surface area contributed by atoms with E-state index in [-0.39, 0.29) is 16.4 Å². The molecule has 8 heteroatoms. The first-order valence-corrected chi connectivity index (χ1v) is 5.85. The first-order chi connectivity index (χ1) is 9.43. The number of carbonyl (C=O) groups is 2. The number of nitrogens with one attached hydrogen (secondary N) is 1. The summed E-state index contributed by atoms with van der Waals surface area (Å²) in [7, 11) is 0. The number of benzene rings is 1. The molecule has 7 nitrogen and oxygen atoms in total. The molecule has 0 aliphatic rings. The van der Waals surface area contributed by atoms with Crippen molar-refractivity contribution in [3.05, 3.63) is 45.5 Å². The molecule has 1 aromatic carbocycles. The van der Waals surface area contributed by atoms with E-state index in [1.165, 1.54) is 24.3 Å². The second-order valence-corrected chi connectivity index (χ2v) is 4.01. The van der Waals surface area contributed by atoms with Crippen LogP contribution in [0.3, 0.4) is 0 Å². The number of halogens is 1. The lowest BCUT2D eigenvalue weighted by Gasteiger charge is -2.06. The molecule has 1 N–H and O–H groups in total. The average molecular weight is 299 g/mol. The molecule has 0 bridgehead atoms. The third kappa shape index (κ3) is 4.69. The molecule has 0 radical (unpaired) electrons. The molecule has 0 saturated carbocycles. The lowest BCUT2D eigenvalue weighted by Crippen LogP contribution is -2.20. The van der Waals surface area contributed by atoms with Gasteiger partial charge in [-0.2, -0.15) is 0 Å². The third-order valence-corrected chi connectivity index (χ3v) is 2.31. The molecule has 0 spiro atoms. The van der Waals surface area contributed by atoms with Crippen molar-refractivity contribution in [3.8, 4) is 0 Å². The number of amides is 1. The maximum Gasteiger partial charge on any atom is 0.330 e. The lowest BCUT2D eigenvalue weighted by molar-refractivity contribution is -0.383. The normalized spacial score (nSPS) is 10.3. The van der Waals surface area contributed by atoms with E-state index in [0.717, 1.165) is 6.08 Å². The van der Waals surface area contributed by atoms with Crippen LogP contribution >= 0.6 is 11.6 Å². The zero-order valence-corrected chi connectivity index (χ0v) is 11.2. The van der Waals surface area contributed by atoms with Crippen LogP contribution in [0.4, 0.5) is 11.4 Å². The molecule has 106 valence electrons. The van der Waals surface area contributed by atoms with Crippen molar-refractivity contribution in [1.82, 2.24) is 0 Å². The highest BCUT2D eigenvalue weighted by Gasteiger charge is 2.16. The predicted molar refractivity (Wildman–Crippen MR) is 72.5 cm³/mol. The Morgan fingerprint density at radius 2 is 2.20 bits per heavy atom. The second kappa shape index (κ2) is 7.25. The summed E-state index contributed by atoms with van der Waals surface area (Å²) in [6.45, 7) is 1.07. The number of esters is 1. The Hall–Kier alpha value is -2.41. The predicted octanol–water partition coefficient (Wildman–Crippen LogP) is 2.31. The zero-order valence-electron chi connectivity index (χ0n) is 10.5. The van der Waals surface area contributed by atoms with Crippen LogP contribution < -0.4 is 5.32 Å². The quantitative estimate of drug-likeness (QED) is 0.389. The minimum Gasteiger partial charge on any atom is -0.452 e. The Morgan fingerprint density at radius 1 is 1.50 bits per heavy atom. The fraction of sp³-hybridized carbons (Fsp3) is 0.167. The van der Waals surface area contributed by atoms with E-state index in [0.29, 0.717) is 0 Å². The van der Waals surface area contributed by atoms with Crippen LogP contribution in [0.15, 0.2) is 30.4 Å². The maximum atomic E-state index is 11.5. The molecule has 0 heterocycles. The van der Waals surface area contributed by atoms with Gasteiger partial charge in [-0.15, -0.1) is 0 Å². The monoisotopic (exact) mass is 298 g/mol. The van der Waals surface area contributed by atoms with Crippen molar-refractivity contribution in [1.29, 1.82) is 0 Å². The summed E-state index contributed by atoms with van der Waals surface area (Å²) in [5, 5.41) is 13.3. The van der Waals surface area contributed by atoms with Gasteiger partial charge in [-0.1, -0.05) is 17.7 Å². The van der Waals surface area contributed by atoms with Gasteiger partial charge in [-0.3, -0.25) is 14.9 Å². The van der Waals surface area contributed by atoms with Gasteiger partial charge >= 0.3 is 5.97 Å². The molecule has 1 amide bonds. The highest BCUT2D eigenvalue weighted by Crippen LogP contribution is 2.27. The minimum absolute atomic E-state index is 0.0606. The maximum absolute atomic E-state index is 11.5. The minimum atomic E-state index is -0.701. The lowest BCUT2D eigenvalue weighted by atomic mass is 10.2. The summed E-state index contributed by atoms with van der Waals surface area (Å²) < 4.78 is 4.61. The topological polar surface area (TPSA) is 98.5 Å². The first-order valence-electron chi connectivity index (χ1n) is 5.47. The molecule has 0 aliphatic carbocycles. The van der Waals surface area contributed by atoms with E-state index in [9.17, 15) is 19.7 Å². The van der Waals surface area contributed by atoms with Crippen molar-refractivity contribution in [2.45, 2.75) is 6.92 Å². The number of nitro groups is 1. The van der Waals surface area contributed by atoms with E-state index in [4.69, 9.17) is 11.6 Å². The Balaban J connectivity index is 2.73. The van der Waals surface area contributed by atoms with Crippen LogP contribution in [0.5, 0.6) is 0 Å². The summed E-state index contributed by atoms with van der Waals surface area (Å²) in [6, 6.07) is 3.75. The summed E-state index contributed by atoms with van der Waals surface area (Å²) >= 11 is 5.71. The van der Waals surface area contributed by atoms with E-state index in [1.54, 1.807) is 6.92 Å². The van der Waals surface area contributed by atoms with Gasteiger partial charge in [0.2, 0.25) is 0 Å². The molecule has 0 saturated heterocycles. The van der Waals surface area contributed by atoms with Gasteiger partial charge in [0.25, 0.3) is 11.6 Å². The van der Waals surface area contributed by atoms with Crippen molar-refractivity contribution >= 4 is 34.9 Å². The number of ether oxygens (including phenoxy) is 1. The smallest absolute Gasteiger partial charge is 0.330 e. The van der Waals surface area contributed by atoms with E-state index < -0.39 is 23.4 Å². The van der Waals surface area contributed by atoms with Crippen molar-refractivity contribution in [2.75, 3.05) is 11.9 Å². The molecule has 1 aromatic rings. The molecule has 0 aliphatic heterocycles. The van der Waals surface area contributed by atoms with E-state index >= 15 is 0 Å². The molecule has 0 unspecified atom stereocenters. The van der Waals surface area contributed by atoms with Crippen molar-refractivity contribution < 1.29 is 19.2 Å². The number of nitro benzene ring substituents is 1. The largest absolute Gasteiger partial charge is 0.452 e. The SMILES string of the molecule is C/C=C/C(=O)OCC(=O)Nc1cc(Cl)ccc1[N+](=O)[O-]. The van der Waals surface area contributed by atoms with Gasteiger partial charge in [0.15, 0.2) is 6.61 Å². The Morgan fingerprint density at radius 3 is 2.80 bits per heavy atom. The van der Waals surface area contributed by atoms with Gasteiger partial charge in [-0.25, -0.2) is 4.79 Å². The van der Waals surface area contributed by atoms with Crippen LogP contribution in [0.1, 0.15) is 6.92 Å². The van der Waals surface area contributed by atoms with Gasteiger partial charge in [0.05, 0.1) is 4.92 Å².